The van der Waals surface area contributed by atoms with Crippen molar-refractivity contribution in [3.05, 3.63) is 0 Å². The fourth-order valence-corrected chi connectivity index (χ4v) is 2.88. The van der Waals surface area contributed by atoms with Crippen LogP contribution in [0.3, 0.4) is 0 Å². The van der Waals surface area contributed by atoms with E-state index in [0.717, 1.165) is 0 Å². The average molecular weight is 226 g/mol. The molecule has 0 radical (unpaired) electrons. The zero-order chi connectivity index (χ0) is 6.69. The van der Waals surface area contributed by atoms with Crippen LogP contribution < -0.4 is 21.7 Å². The molecule has 10 heavy (non-hydrogen) atoms. The summed E-state index contributed by atoms with van der Waals surface area (Å²) >= 11 is 0.243. The van der Waals surface area contributed by atoms with E-state index < -0.39 is 0 Å². The van der Waals surface area contributed by atoms with Crippen LogP contribution in [0.1, 0.15) is 19.8 Å². The van der Waals surface area contributed by atoms with Gasteiger partial charge in [0.2, 0.25) is 0 Å². The van der Waals surface area contributed by atoms with Crippen LogP contribution in [-0.2, 0) is 15.9 Å². The predicted octanol–water partition coefficient (Wildman–Crippen LogP) is -2.55. The van der Waals surface area contributed by atoms with Crippen LogP contribution in [0.15, 0.2) is 0 Å². The summed E-state index contributed by atoms with van der Waals surface area (Å²) in [7, 11) is 0. The van der Waals surface area contributed by atoms with Crippen LogP contribution in [-0.4, -0.2) is 17.4 Å². The number of carbonyl (C=O) groups excluding carboxylic acids is 1. The van der Waals surface area contributed by atoms with Crippen LogP contribution in [0.2, 0.25) is 0 Å². The highest BCUT2D eigenvalue weighted by atomic mass is 79.9. The molecule has 0 spiro atoms. The SMILES string of the molecule is CC(=O)N[S+]1CCCC1.[Br-]. The van der Waals surface area contributed by atoms with Gasteiger partial charge < -0.3 is 17.0 Å². The molecule has 0 unspecified atom stereocenters. The Morgan fingerprint density at radius 1 is 1.40 bits per heavy atom. The highest BCUT2D eigenvalue weighted by Crippen LogP contribution is 2.09. The van der Waals surface area contributed by atoms with Gasteiger partial charge in [-0.2, -0.15) is 4.72 Å². The molecule has 1 N–H and O–H groups in total. The van der Waals surface area contributed by atoms with Crippen molar-refractivity contribution in [1.82, 2.24) is 4.72 Å². The lowest BCUT2D eigenvalue weighted by Crippen LogP contribution is -3.00. The van der Waals surface area contributed by atoms with Gasteiger partial charge in [0.25, 0.3) is 5.91 Å². The maximum Gasteiger partial charge on any atom is 0.257 e. The average Bonchev–Trinajstić information content (AvgIpc) is 2.15. The van der Waals surface area contributed by atoms with Crippen LogP contribution in [0, 0.1) is 0 Å². The van der Waals surface area contributed by atoms with E-state index in [9.17, 15) is 4.79 Å². The van der Waals surface area contributed by atoms with E-state index in [1.54, 1.807) is 6.92 Å². The number of hydrogen-bond acceptors (Lipinski definition) is 1. The fourth-order valence-electron chi connectivity index (χ4n) is 0.960. The van der Waals surface area contributed by atoms with Crippen molar-refractivity contribution in [2.75, 3.05) is 11.5 Å². The monoisotopic (exact) mass is 225 g/mol. The minimum atomic E-state index is 0. The van der Waals surface area contributed by atoms with Crippen LogP contribution in [0.25, 0.3) is 0 Å². The Balaban J connectivity index is 0.000000810. The summed E-state index contributed by atoms with van der Waals surface area (Å²) in [5, 5.41) is 0. The number of nitrogens with one attached hydrogen (secondary N) is 1. The second-order valence-corrected chi connectivity index (χ2v) is 4.27. The summed E-state index contributed by atoms with van der Waals surface area (Å²) in [5.74, 6) is 2.54. The van der Waals surface area contributed by atoms with Crippen molar-refractivity contribution < 1.29 is 21.8 Å². The molecule has 1 aliphatic rings. The summed E-state index contributed by atoms with van der Waals surface area (Å²) in [5.41, 5.74) is 0. The van der Waals surface area contributed by atoms with E-state index >= 15 is 0 Å². The Kier molecular flexibility index (Phi) is 5.17. The zero-order valence-corrected chi connectivity index (χ0v) is 8.43. The van der Waals surface area contributed by atoms with Gasteiger partial charge in [0.15, 0.2) is 0 Å². The maximum atomic E-state index is 10.5. The molecule has 2 nitrogen and oxygen atoms in total. The van der Waals surface area contributed by atoms with Gasteiger partial charge in [-0.1, -0.05) is 0 Å². The maximum absolute atomic E-state index is 10.5. The highest BCUT2D eigenvalue weighted by molar-refractivity contribution is 7.95. The molecule has 0 aromatic carbocycles. The van der Waals surface area contributed by atoms with Crippen molar-refractivity contribution in [1.29, 1.82) is 0 Å². The molecule has 1 fully saturated rings. The Bertz CT molecular complexity index is 114. The van der Waals surface area contributed by atoms with E-state index in [1.807, 2.05) is 0 Å². The first-order valence-electron chi connectivity index (χ1n) is 3.24. The lowest BCUT2D eigenvalue weighted by molar-refractivity contribution is -0.117. The van der Waals surface area contributed by atoms with Crippen molar-refractivity contribution in [3.63, 3.8) is 0 Å². The molecule has 1 saturated heterocycles. The minimum absolute atomic E-state index is 0. The summed E-state index contributed by atoms with van der Waals surface area (Å²) in [6, 6.07) is 0. The Labute approximate surface area is 75.0 Å². The molecule has 0 aliphatic carbocycles. The molecule has 60 valence electrons. The normalized spacial score (nSPS) is 18.1. The smallest absolute Gasteiger partial charge is 0.257 e. The molecular formula is C6H12BrNOS. The molecule has 1 aliphatic heterocycles. The lowest BCUT2D eigenvalue weighted by Gasteiger charge is -1.96. The molecule has 0 atom stereocenters. The van der Waals surface area contributed by atoms with Crippen LogP contribution in [0.5, 0.6) is 0 Å². The standard InChI is InChI=1S/C6H11NOS.BrH/c1-6(8)7-9-4-2-3-5-9;/h2-5H2,1H3;1H. The van der Waals surface area contributed by atoms with E-state index in [1.165, 1.54) is 24.3 Å². The molecule has 0 bridgehead atoms. The second kappa shape index (κ2) is 5.02. The molecule has 4 heteroatoms. The Hall–Kier alpha value is 0.300. The number of amides is 1. The topological polar surface area (TPSA) is 29.1 Å². The largest absolute Gasteiger partial charge is 1.00 e. The molecular weight excluding hydrogens is 214 g/mol. The van der Waals surface area contributed by atoms with Crippen molar-refractivity contribution in [2.24, 2.45) is 0 Å². The summed E-state index contributed by atoms with van der Waals surface area (Å²) in [6.07, 6.45) is 2.59. The van der Waals surface area contributed by atoms with E-state index in [4.69, 9.17) is 0 Å². The van der Waals surface area contributed by atoms with Crippen molar-refractivity contribution in [2.45, 2.75) is 19.8 Å². The molecule has 0 aromatic rings. The first-order chi connectivity index (χ1) is 4.29. The van der Waals surface area contributed by atoms with Gasteiger partial charge >= 0.3 is 0 Å². The molecule has 1 heterocycles. The quantitative estimate of drug-likeness (QED) is 0.490. The van der Waals surface area contributed by atoms with Crippen LogP contribution in [0.4, 0.5) is 0 Å². The van der Waals surface area contributed by atoms with Gasteiger partial charge in [-0.05, 0) is 12.8 Å². The number of rotatable bonds is 1. The molecule has 1 amide bonds. The fraction of sp³-hybridized carbons (Fsp3) is 0.833. The molecule has 0 saturated carbocycles. The summed E-state index contributed by atoms with van der Waals surface area (Å²) in [4.78, 5) is 10.5. The van der Waals surface area contributed by atoms with Gasteiger partial charge in [-0.15, -0.1) is 0 Å². The van der Waals surface area contributed by atoms with Gasteiger partial charge in [0, 0.05) is 6.92 Å². The Morgan fingerprint density at radius 2 is 1.90 bits per heavy atom. The summed E-state index contributed by atoms with van der Waals surface area (Å²) in [6.45, 7) is 1.59. The second-order valence-electron chi connectivity index (χ2n) is 2.27. The lowest BCUT2D eigenvalue weighted by atomic mass is 10.4. The summed E-state index contributed by atoms with van der Waals surface area (Å²) < 4.78 is 2.93. The van der Waals surface area contributed by atoms with Gasteiger partial charge in [0.05, 0.1) is 0 Å². The number of hydrogen-bond donors (Lipinski definition) is 1. The van der Waals surface area contributed by atoms with Gasteiger partial charge in [-0.3, -0.25) is 4.79 Å². The third kappa shape index (κ3) is 3.46. The minimum Gasteiger partial charge on any atom is -1.00 e. The third-order valence-electron chi connectivity index (χ3n) is 1.32. The van der Waals surface area contributed by atoms with Crippen molar-refractivity contribution in [3.8, 4) is 0 Å². The Morgan fingerprint density at radius 3 is 2.30 bits per heavy atom. The van der Waals surface area contributed by atoms with E-state index in [2.05, 4.69) is 4.72 Å². The first-order valence-corrected chi connectivity index (χ1v) is 4.80. The van der Waals surface area contributed by atoms with Gasteiger partial charge in [0.1, 0.15) is 22.6 Å². The van der Waals surface area contributed by atoms with Gasteiger partial charge in [-0.25, -0.2) is 0 Å². The van der Waals surface area contributed by atoms with Crippen molar-refractivity contribution >= 4 is 17.0 Å². The first kappa shape index (κ1) is 10.3. The van der Waals surface area contributed by atoms with E-state index in [0.29, 0.717) is 0 Å². The molecule has 1 rings (SSSR count). The number of halogens is 1. The van der Waals surface area contributed by atoms with E-state index in [-0.39, 0.29) is 34.0 Å². The number of carbonyl (C=O) groups is 1. The predicted molar refractivity (Wildman–Crippen MR) is 40.1 cm³/mol. The highest BCUT2D eigenvalue weighted by Gasteiger charge is 2.24. The zero-order valence-electron chi connectivity index (χ0n) is 6.02. The molecule has 0 aromatic heterocycles. The third-order valence-corrected chi connectivity index (χ3v) is 3.46. The van der Waals surface area contributed by atoms with Crippen LogP contribution >= 0.6 is 0 Å².